The number of unbranched alkanes of at least 4 members (excludes halogenated alkanes) is 1. The zero-order valence-corrected chi connectivity index (χ0v) is 15.6. The number of Topliss-reactive ketones (excluding diaryl/α,β-unsaturated/α-hetero) is 1. The fourth-order valence-electron chi connectivity index (χ4n) is 2.44. The highest BCUT2D eigenvalue weighted by molar-refractivity contribution is 7.89. The average molecular weight is 381 g/mol. The summed E-state index contributed by atoms with van der Waals surface area (Å²) in [6.45, 7) is 1.50. The van der Waals surface area contributed by atoms with Crippen LogP contribution < -0.4 is 4.72 Å². The van der Waals surface area contributed by atoms with Gasteiger partial charge in [0, 0.05) is 23.7 Å². The van der Waals surface area contributed by atoms with Crippen molar-refractivity contribution >= 4 is 27.4 Å². The van der Waals surface area contributed by atoms with Crippen molar-refractivity contribution in [3.63, 3.8) is 0 Å². The fraction of sp³-hybridized carbons (Fsp3) is 0.333. The van der Waals surface area contributed by atoms with Gasteiger partial charge in [0.1, 0.15) is 0 Å². The van der Waals surface area contributed by atoms with Gasteiger partial charge in [0.2, 0.25) is 0 Å². The Balaban J connectivity index is 2.24. The highest BCUT2D eigenvalue weighted by Gasteiger charge is 2.22. The molecule has 1 N–H and O–H groups in total. The number of alkyl halides is 1. The van der Waals surface area contributed by atoms with Gasteiger partial charge in [0.05, 0.1) is 0 Å². The number of sulfonamides is 1. The van der Waals surface area contributed by atoms with Crippen LogP contribution in [0.4, 0.5) is 0 Å². The number of ketones is 1. The van der Waals surface area contributed by atoms with Crippen molar-refractivity contribution in [2.24, 2.45) is 0 Å². The molecule has 0 saturated heterocycles. The lowest BCUT2D eigenvalue weighted by molar-refractivity contribution is 0.101. The molecule has 5 nitrogen and oxygen atoms in total. The molecule has 0 fully saturated rings. The van der Waals surface area contributed by atoms with E-state index in [2.05, 4.69) is 9.71 Å². The Morgan fingerprint density at radius 3 is 2.44 bits per heavy atom. The van der Waals surface area contributed by atoms with Crippen molar-refractivity contribution in [1.29, 1.82) is 0 Å². The van der Waals surface area contributed by atoms with Crippen LogP contribution in [0, 0.1) is 0 Å². The predicted molar refractivity (Wildman–Crippen MR) is 98.3 cm³/mol. The molecule has 7 heteroatoms. The molecule has 2 rings (SSSR count). The first-order chi connectivity index (χ1) is 11.9. The lowest BCUT2D eigenvalue weighted by Crippen LogP contribution is -2.29. The molecule has 25 heavy (non-hydrogen) atoms. The Hall–Kier alpha value is -1.76. The Morgan fingerprint density at radius 1 is 1.16 bits per heavy atom. The van der Waals surface area contributed by atoms with Crippen LogP contribution in [0.3, 0.4) is 0 Å². The van der Waals surface area contributed by atoms with E-state index in [9.17, 15) is 13.2 Å². The molecule has 0 saturated carbocycles. The summed E-state index contributed by atoms with van der Waals surface area (Å²) < 4.78 is 27.9. The van der Waals surface area contributed by atoms with E-state index < -0.39 is 16.1 Å². The van der Waals surface area contributed by atoms with Crippen LogP contribution in [0.5, 0.6) is 0 Å². The van der Waals surface area contributed by atoms with Crippen molar-refractivity contribution in [2.75, 3.05) is 5.88 Å². The normalized spacial score (nSPS) is 12.7. The minimum atomic E-state index is -3.73. The predicted octanol–water partition coefficient (Wildman–Crippen LogP) is 3.71. The zero-order valence-electron chi connectivity index (χ0n) is 14.0. The molecule has 0 amide bonds. The Kier molecular flexibility index (Phi) is 7.11. The molecule has 2 aromatic rings. The molecular formula is C18H21ClN2O3S. The molecule has 1 aromatic carbocycles. The van der Waals surface area contributed by atoms with Crippen LogP contribution in [0.2, 0.25) is 0 Å². The third kappa shape index (κ3) is 5.63. The maximum Gasteiger partial charge on any atom is 0.258 e. The summed E-state index contributed by atoms with van der Waals surface area (Å²) in [4.78, 5) is 15.3. The van der Waals surface area contributed by atoms with Gasteiger partial charge in [-0.1, -0.05) is 36.8 Å². The quantitative estimate of drug-likeness (QED) is 0.408. The van der Waals surface area contributed by atoms with Gasteiger partial charge in [-0.2, -0.15) is 0 Å². The Morgan fingerprint density at radius 2 is 1.88 bits per heavy atom. The van der Waals surface area contributed by atoms with Crippen molar-refractivity contribution in [1.82, 2.24) is 9.71 Å². The van der Waals surface area contributed by atoms with Crippen molar-refractivity contribution < 1.29 is 13.2 Å². The summed E-state index contributed by atoms with van der Waals surface area (Å²) in [5.41, 5.74) is 1.40. The van der Waals surface area contributed by atoms with Gasteiger partial charge in [-0.3, -0.25) is 4.79 Å². The first kappa shape index (κ1) is 19.6. The number of carbonyl (C=O) groups excluding carboxylic acids is 1. The topological polar surface area (TPSA) is 76.1 Å². The molecule has 0 aliphatic heterocycles. The van der Waals surface area contributed by atoms with Crippen LogP contribution in [-0.2, 0) is 10.0 Å². The molecule has 1 aromatic heterocycles. The second-order valence-corrected chi connectivity index (χ2v) is 7.74. The lowest BCUT2D eigenvalue weighted by Gasteiger charge is -2.19. The summed E-state index contributed by atoms with van der Waals surface area (Å²) in [6.07, 6.45) is 3.64. The lowest BCUT2D eigenvalue weighted by atomic mass is 10.00. The number of nitrogens with one attached hydrogen (secondary N) is 1. The van der Waals surface area contributed by atoms with Crippen LogP contribution in [0.15, 0.2) is 53.7 Å². The van der Waals surface area contributed by atoms with E-state index in [0.29, 0.717) is 17.9 Å². The first-order valence-electron chi connectivity index (χ1n) is 8.04. The summed E-state index contributed by atoms with van der Waals surface area (Å²) in [5, 5.41) is -0.0160. The Labute approximate surface area is 153 Å². The van der Waals surface area contributed by atoms with E-state index in [4.69, 9.17) is 11.6 Å². The number of rotatable bonds is 9. The van der Waals surface area contributed by atoms with Gasteiger partial charge < -0.3 is 0 Å². The average Bonchev–Trinajstić information content (AvgIpc) is 2.62. The molecule has 1 atom stereocenters. The maximum atomic E-state index is 12.6. The molecule has 0 aliphatic rings. The van der Waals surface area contributed by atoms with E-state index in [1.807, 2.05) is 0 Å². The second kappa shape index (κ2) is 9.08. The summed E-state index contributed by atoms with van der Waals surface area (Å²) in [7, 11) is -3.73. The monoisotopic (exact) mass is 380 g/mol. The standard InChI is InChI=1S/C18H21ClN2O3S/c1-14(22)15-8-10-16(11-9-15)17(6-2-4-12-19)21-25(23,24)18-7-3-5-13-20-18/h3,5,7-11,13,17,21H,2,4,6,12H2,1H3. The summed E-state index contributed by atoms with van der Waals surface area (Å²) in [6, 6.07) is 11.3. The summed E-state index contributed by atoms with van der Waals surface area (Å²) in [5.74, 6) is 0.502. The zero-order chi connectivity index (χ0) is 18.3. The van der Waals surface area contributed by atoms with E-state index in [0.717, 1.165) is 18.4 Å². The number of halogens is 1. The molecule has 1 unspecified atom stereocenters. The second-order valence-electron chi connectivity index (χ2n) is 5.70. The van der Waals surface area contributed by atoms with Crippen LogP contribution in [0.1, 0.15) is 48.1 Å². The SMILES string of the molecule is CC(=O)c1ccc(C(CCCCCl)NS(=O)(=O)c2ccccn2)cc1. The van der Waals surface area contributed by atoms with Gasteiger partial charge in [0.25, 0.3) is 10.0 Å². The highest BCUT2D eigenvalue weighted by atomic mass is 35.5. The third-order valence-electron chi connectivity index (χ3n) is 3.81. The van der Waals surface area contributed by atoms with E-state index in [-0.39, 0.29) is 10.8 Å². The number of aromatic nitrogens is 1. The van der Waals surface area contributed by atoms with Crippen molar-refractivity contribution in [3.8, 4) is 0 Å². The minimum absolute atomic E-state index is 0.0160. The van der Waals surface area contributed by atoms with Gasteiger partial charge in [-0.05, 0) is 37.5 Å². The number of carbonyl (C=O) groups is 1. The minimum Gasteiger partial charge on any atom is -0.295 e. The number of hydrogen-bond donors (Lipinski definition) is 1. The van der Waals surface area contributed by atoms with Crippen LogP contribution in [-0.4, -0.2) is 25.1 Å². The molecular weight excluding hydrogens is 360 g/mol. The molecule has 0 aliphatic carbocycles. The molecule has 0 spiro atoms. The molecule has 1 heterocycles. The number of benzene rings is 1. The molecule has 134 valence electrons. The van der Waals surface area contributed by atoms with E-state index in [1.54, 1.807) is 36.4 Å². The van der Waals surface area contributed by atoms with Crippen molar-refractivity contribution in [2.45, 2.75) is 37.3 Å². The van der Waals surface area contributed by atoms with Crippen LogP contribution in [0.25, 0.3) is 0 Å². The smallest absolute Gasteiger partial charge is 0.258 e. The van der Waals surface area contributed by atoms with E-state index in [1.165, 1.54) is 19.2 Å². The maximum absolute atomic E-state index is 12.6. The fourth-order valence-corrected chi connectivity index (χ4v) is 3.84. The Bertz CT molecular complexity index is 793. The number of hydrogen-bond acceptors (Lipinski definition) is 4. The highest BCUT2D eigenvalue weighted by Crippen LogP contribution is 2.23. The first-order valence-corrected chi connectivity index (χ1v) is 10.1. The number of nitrogens with zero attached hydrogens (tertiary/aromatic N) is 1. The van der Waals surface area contributed by atoms with E-state index >= 15 is 0 Å². The summed E-state index contributed by atoms with van der Waals surface area (Å²) >= 11 is 5.73. The van der Waals surface area contributed by atoms with Crippen molar-refractivity contribution in [3.05, 3.63) is 59.8 Å². The van der Waals surface area contributed by atoms with Gasteiger partial charge >= 0.3 is 0 Å². The molecule has 0 bridgehead atoms. The van der Waals surface area contributed by atoms with Gasteiger partial charge in [-0.15, -0.1) is 11.6 Å². The molecule has 0 radical (unpaired) electrons. The third-order valence-corrected chi connectivity index (χ3v) is 5.46. The number of pyridine rings is 1. The van der Waals surface area contributed by atoms with Crippen LogP contribution >= 0.6 is 11.6 Å². The van der Waals surface area contributed by atoms with Gasteiger partial charge in [-0.25, -0.2) is 18.1 Å². The largest absolute Gasteiger partial charge is 0.295 e. The van der Waals surface area contributed by atoms with Gasteiger partial charge in [0.15, 0.2) is 10.8 Å².